The third-order valence-electron chi connectivity index (χ3n) is 3.87. The van der Waals surface area contributed by atoms with Crippen molar-refractivity contribution >= 4 is 22.4 Å². The van der Waals surface area contributed by atoms with Crippen LogP contribution in [0, 0.1) is 10.1 Å². The second kappa shape index (κ2) is 5.75. The molecular weight excluding hydrogens is 327 g/mol. The third-order valence-corrected chi connectivity index (χ3v) is 3.87. The van der Waals surface area contributed by atoms with Gasteiger partial charge in [-0.2, -0.15) is 13.2 Å². The number of benzene rings is 2. The number of nitro benzene ring substituents is 1. The first-order chi connectivity index (χ1) is 11.3. The Bertz CT molecular complexity index is 822. The highest BCUT2D eigenvalue weighted by Gasteiger charge is 2.47. The summed E-state index contributed by atoms with van der Waals surface area (Å²) in [6, 6.07) is 6.09. The fourth-order valence-corrected chi connectivity index (χ4v) is 2.84. The van der Waals surface area contributed by atoms with Crippen molar-refractivity contribution in [1.82, 2.24) is 10.4 Å². The van der Waals surface area contributed by atoms with E-state index in [4.69, 9.17) is 0 Å². The highest BCUT2D eigenvalue weighted by atomic mass is 19.4. The molecule has 1 aliphatic heterocycles. The number of hydrazine groups is 1. The van der Waals surface area contributed by atoms with E-state index < -0.39 is 23.0 Å². The first-order valence-corrected chi connectivity index (χ1v) is 7.07. The average Bonchev–Trinajstić information content (AvgIpc) is 2.91. The molecule has 9 heteroatoms. The summed E-state index contributed by atoms with van der Waals surface area (Å²) in [4.78, 5) is 21.7. The minimum atomic E-state index is -4.64. The van der Waals surface area contributed by atoms with E-state index in [2.05, 4.69) is 5.43 Å². The second-order valence-corrected chi connectivity index (χ2v) is 5.44. The molecule has 1 amide bonds. The average molecular weight is 339 g/mol. The maximum absolute atomic E-state index is 13.5. The van der Waals surface area contributed by atoms with Crippen LogP contribution in [0.3, 0.4) is 0 Å². The van der Waals surface area contributed by atoms with Gasteiger partial charge in [0.15, 0.2) is 0 Å². The van der Waals surface area contributed by atoms with E-state index in [0.29, 0.717) is 5.39 Å². The van der Waals surface area contributed by atoms with Crippen LogP contribution in [0.25, 0.3) is 10.8 Å². The standard InChI is InChI=1S/C15H12F3N3O3/c16-15(17,18)14(20-7-6-13(22)19-20)10-5-4-9-2-1-3-12(21(23)24)11(9)8-10/h1-5,8,14H,6-7H2,(H,19,22). The van der Waals surface area contributed by atoms with E-state index in [-0.39, 0.29) is 29.6 Å². The Morgan fingerprint density at radius 2 is 2.00 bits per heavy atom. The lowest BCUT2D eigenvalue weighted by atomic mass is 10.00. The van der Waals surface area contributed by atoms with Gasteiger partial charge in [0.2, 0.25) is 5.91 Å². The number of rotatable bonds is 3. The predicted molar refractivity (Wildman–Crippen MR) is 78.9 cm³/mol. The zero-order valence-corrected chi connectivity index (χ0v) is 12.2. The number of hydrogen-bond acceptors (Lipinski definition) is 4. The Labute approximate surface area is 134 Å². The molecule has 24 heavy (non-hydrogen) atoms. The molecule has 2 aromatic carbocycles. The first-order valence-electron chi connectivity index (χ1n) is 7.07. The Morgan fingerprint density at radius 3 is 2.58 bits per heavy atom. The molecule has 1 N–H and O–H groups in total. The summed E-state index contributed by atoms with van der Waals surface area (Å²) in [6.45, 7) is -0.0854. The zero-order chi connectivity index (χ0) is 17.5. The molecular formula is C15H12F3N3O3. The Morgan fingerprint density at radius 1 is 1.25 bits per heavy atom. The summed E-state index contributed by atoms with van der Waals surface area (Å²) in [7, 11) is 0. The first kappa shape index (κ1) is 16.2. The number of non-ortho nitro benzene ring substituents is 1. The maximum atomic E-state index is 13.5. The number of carbonyl (C=O) groups excluding carboxylic acids is 1. The van der Waals surface area contributed by atoms with Crippen molar-refractivity contribution in [1.29, 1.82) is 0 Å². The number of nitrogens with zero attached hydrogens (tertiary/aromatic N) is 2. The molecule has 0 aliphatic carbocycles. The van der Waals surface area contributed by atoms with E-state index in [1.165, 1.54) is 24.3 Å². The Balaban J connectivity index is 2.13. The molecule has 0 radical (unpaired) electrons. The fraction of sp³-hybridized carbons (Fsp3) is 0.267. The lowest BCUT2D eigenvalue weighted by molar-refractivity contribution is -0.383. The van der Waals surface area contributed by atoms with Gasteiger partial charge in [-0.1, -0.05) is 24.3 Å². The second-order valence-electron chi connectivity index (χ2n) is 5.44. The van der Waals surface area contributed by atoms with Crippen LogP contribution >= 0.6 is 0 Å². The van der Waals surface area contributed by atoms with Crippen molar-refractivity contribution in [2.24, 2.45) is 0 Å². The van der Waals surface area contributed by atoms with Crippen LogP contribution < -0.4 is 5.43 Å². The van der Waals surface area contributed by atoms with Gasteiger partial charge in [-0.05, 0) is 17.0 Å². The van der Waals surface area contributed by atoms with Crippen molar-refractivity contribution in [3.63, 3.8) is 0 Å². The summed E-state index contributed by atoms with van der Waals surface area (Å²) >= 11 is 0. The highest BCUT2D eigenvalue weighted by molar-refractivity contribution is 5.91. The quantitative estimate of drug-likeness (QED) is 0.689. The van der Waals surface area contributed by atoms with E-state index in [0.717, 1.165) is 11.1 Å². The van der Waals surface area contributed by atoms with Crippen molar-refractivity contribution in [2.45, 2.75) is 18.6 Å². The van der Waals surface area contributed by atoms with Crippen molar-refractivity contribution in [2.75, 3.05) is 6.54 Å². The molecule has 1 fully saturated rings. The largest absolute Gasteiger partial charge is 0.409 e. The number of nitrogens with one attached hydrogen (secondary N) is 1. The molecule has 1 atom stereocenters. The molecule has 0 spiro atoms. The summed E-state index contributed by atoms with van der Waals surface area (Å²) in [5.74, 6) is -0.490. The number of nitro groups is 1. The van der Waals surface area contributed by atoms with E-state index >= 15 is 0 Å². The molecule has 1 heterocycles. The van der Waals surface area contributed by atoms with Gasteiger partial charge in [-0.15, -0.1) is 0 Å². The van der Waals surface area contributed by atoms with Crippen molar-refractivity contribution in [3.05, 3.63) is 52.1 Å². The number of fused-ring (bicyclic) bond motifs is 1. The van der Waals surface area contributed by atoms with Gasteiger partial charge < -0.3 is 0 Å². The number of hydrogen-bond donors (Lipinski definition) is 1. The van der Waals surface area contributed by atoms with E-state index in [9.17, 15) is 28.1 Å². The molecule has 1 saturated heterocycles. The molecule has 1 unspecified atom stereocenters. The number of alkyl halides is 3. The molecule has 0 bridgehead atoms. The highest BCUT2D eigenvalue weighted by Crippen LogP contribution is 2.39. The van der Waals surface area contributed by atoms with Crippen LogP contribution in [-0.4, -0.2) is 28.6 Å². The maximum Gasteiger partial charge on any atom is 0.409 e. The van der Waals surface area contributed by atoms with E-state index in [1.807, 2.05) is 0 Å². The van der Waals surface area contributed by atoms with Gasteiger partial charge in [0.05, 0.1) is 10.3 Å². The van der Waals surface area contributed by atoms with Crippen molar-refractivity contribution < 1.29 is 22.9 Å². The monoisotopic (exact) mass is 339 g/mol. The van der Waals surface area contributed by atoms with Gasteiger partial charge in [-0.3, -0.25) is 20.3 Å². The van der Waals surface area contributed by atoms with Gasteiger partial charge in [-0.25, -0.2) is 5.01 Å². The SMILES string of the molecule is O=C1CCN(C(c2ccc3cccc([N+](=O)[O-])c3c2)C(F)(F)F)N1. The zero-order valence-electron chi connectivity index (χ0n) is 12.2. The van der Waals surface area contributed by atoms with Crippen LogP contribution in [0.1, 0.15) is 18.0 Å². The number of carbonyl (C=O) groups is 1. The van der Waals surface area contributed by atoms with Gasteiger partial charge in [0.25, 0.3) is 5.69 Å². The number of halogens is 3. The molecule has 2 aromatic rings. The van der Waals surface area contributed by atoms with Gasteiger partial charge >= 0.3 is 6.18 Å². The number of amides is 1. The van der Waals surface area contributed by atoms with Gasteiger partial charge in [0, 0.05) is 19.0 Å². The minimum Gasteiger partial charge on any atom is -0.288 e. The normalized spacial score (nSPS) is 17.0. The van der Waals surface area contributed by atoms with Crippen LogP contribution in [-0.2, 0) is 4.79 Å². The summed E-state index contributed by atoms with van der Waals surface area (Å²) in [6.07, 6.45) is -4.67. The van der Waals surface area contributed by atoms with Crippen LogP contribution in [0.4, 0.5) is 18.9 Å². The van der Waals surface area contributed by atoms with E-state index in [1.54, 1.807) is 6.07 Å². The molecule has 126 valence electrons. The third kappa shape index (κ3) is 2.90. The topological polar surface area (TPSA) is 75.5 Å². The van der Waals surface area contributed by atoms with Gasteiger partial charge in [0.1, 0.15) is 6.04 Å². The summed E-state index contributed by atoms with van der Waals surface area (Å²) < 4.78 is 40.6. The lowest BCUT2D eigenvalue weighted by Crippen LogP contribution is -2.43. The molecule has 3 rings (SSSR count). The van der Waals surface area contributed by atoms with Crippen LogP contribution in [0.2, 0.25) is 0 Å². The lowest BCUT2D eigenvalue weighted by Gasteiger charge is -2.29. The van der Waals surface area contributed by atoms with Crippen molar-refractivity contribution in [3.8, 4) is 0 Å². The minimum absolute atomic E-state index is 0.0275. The van der Waals surface area contributed by atoms with Crippen LogP contribution in [0.5, 0.6) is 0 Å². The molecule has 1 aliphatic rings. The molecule has 0 saturated carbocycles. The van der Waals surface area contributed by atoms with Crippen LogP contribution in [0.15, 0.2) is 36.4 Å². The Kier molecular flexibility index (Phi) is 3.88. The smallest absolute Gasteiger partial charge is 0.288 e. The summed E-state index contributed by atoms with van der Waals surface area (Å²) in [5, 5.41) is 12.5. The summed E-state index contributed by atoms with van der Waals surface area (Å²) in [5.41, 5.74) is 1.76. The fourth-order valence-electron chi connectivity index (χ4n) is 2.84. The molecule has 0 aromatic heterocycles. The predicted octanol–water partition coefficient (Wildman–Crippen LogP) is 3.09. The Hall–Kier alpha value is -2.68. The molecule has 6 nitrogen and oxygen atoms in total.